The smallest absolute Gasteiger partial charge is 0.271 e. The van der Waals surface area contributed by atoms with Gasteiger partial charge in [0.25, 0.3) is 5.69 Å². The first-order chi connectivity index (χ1) is 9.85. The van der Waals surface area contributed by atoms with Crippen LogP contribution in [0.4, 0.5) is 5.69 Å². The van der Waals surface area contributed by atoms with Crippen LogP contribution in [0.1, 0.15) is 6.42 Å². The van der Waals surface area contributed by atoms with Gasteiger partial charge in [0.15, 0.2) is 14.6 Å². The highest BCUT2D eigenvalue weighted by Crippen LogP contribution is 2.25. The number of imidazole rings is 1. The van der Waals surface area contributed by atoms with E-state index < -0.39 is 14.8 Å². The molecular formula is C12H13N3O4S2. The van der Waals surface area contributed by atoms with Gasteiger partial charge in [0.1, 0.15) is 0 Å². The van der Waals surface area contributed by atoms with Crippen molar-refractivity contribution in [1.82, 2.24) is 9.55 Å². The van der Waals surface area contributed by atoms with Gasteiger partial charge in [-0.1, -0.05) is 0 Å². The summed E-state index contributed by atoms with van der Waals surface area (Å²) in [6.07, 6.45) is 0.603. The summed E-state index contributed by atoms with van der Waals surface area (Å²) in [7, 11) is -2.95. The first kappa shape index (κ1) is 14.2. The highest BCUT2D eigenvalue weighted by atomic mass is 32.2. The maximum absolute atomic E-state index is 11.5. The number of nitro benzene ring substituents is 1. The van der Waals surface area contributed by atoms with Crippen LogP contribution in [0.25, 0.3) is 11.0 Å². The van der Waals surface area contributed by atoms with Crippen LogP contribution < -0.4 is 0 Å². The molecule has 1 aliphatic heterocycles. The molecule has 3 rings (SSSR count). The van der Waals surface area contributed by atoms with Crippen molar-refractivity contribution in [3.63, 3.8) is 0 Å². The van der Waals surface area contributed by atoms with Gasteiger partial charge in [-0.25, -0.2) is 8.42 Å². The lowest BCUT2D eigenvalue weighted by Gasteiger charge is -2.09. The maximum Gasteiger partial charge on any atom is 0.271 e. The van der Waals surface area contributed by atoms with Crippen molar-refractivity contribution in [2.24, 2.45) is 5.92 Å². The van der Waals surface area contributed by atoms with Crippen LogP contribution in [0.15, 0.2) is 18.2 Å². The molecule has 1 atom stereocenters. The Morgan fingerprint density at radius 3 is 2.86 bits per heavy atom. The minimum Gasteiger partial charge on any atom is -0.331 e. The highest BCUT2D eigenvalue weighted by Gasteiger charge is 2.28. The fraction of sp³-hybridized carbons (Fsp3) is 0.417. The van der Waals surface area contributed by atoms with Gasteiger partial charge in [-0.15, -0.1) is 0 Å². The first-order valence-corrected chi connectivity index (χ1v) is 8.66. The van der Waals surface area contributed by atoms with E-state index in [-0.39, 0.29) is 23.1 Å². The van der Waals surface area contributed by atoms with E-state index in [2.05, 4.69) is 4.98 Å². The number of hydrogen-bond acceptors (Lipinski definition) is 5. The van der Waals surface area contributed by atoms with E-state index in [0.717, 1.165) is 0 Å². The van der Waals surface area contributed by atoms with Gasteiger partial charge in [0.2, 0.25) is 0 Å². The number of non-ortho nitro benzene ring substituents is 1. The maximum atomic E-state index is 11.5. The molecule has 1 aromatic heterocycles. The number of nitrogens with one attached hydrogen (secondary N) is 1. The minimum absolute atomic E-state index is 0.0000350. The van der Waals surface area contributed by atoms with E-state index >= 15 is 0 Å². The molecule has 1 fully saturated rings. The van der Waals surface area contributed by atoms with Gasteiger partial charge < -0.3 is 9.55 Å². The Labute approximate surface area is 125 Å². The number of rotatable bonds is 3. The fourth-order valence-electron chi connectivity index (χ4n) is 2.71. The summed E-state index contributed by atoms with van der Waals surface area (Å²) in [6.45, 7) is 0.458. The number of nitrogens with zero attached hydrogens (tertiary/aromatic N) is 2. The zero-order valence-electron chi connectivity index (χ0n) is 11.0. The molecule has 1 aromatic carbocycles. The number of fused-ring (bicyclic) bond motifs is 1. The molecular weight excluding hydrogens is 314 g/mol. The molecule has 0 amide bonds. The van der Waals surface area contributed by atoms with Crippen molar-refractivity contribution in [2.75, 3.05) is 11.5 Å². The number of H-pyrrole nitrogens is 1. The molecule has 1 saturated heterocycles. The summed E-state index contributed by atoms with van der Waals surface area (Å²) in [5.74, 6) is 0.351. The van der Waals surface area contributed by atoms with E-state index in [9.17, 15) is 18.5 Å². The number of aromatic nitrogens is 2. The van der Waals surface area contributed by atoms with Crippen molar-refractivity contribution in [3.05, 3.63) is 33.1 Å². The fourth-order valence-corrected chi connectivity index (χ4v) is 4.84. The average molecular weight is 327 g/mol. The van der Waals surface area contributed by atoms with Crippen LogP contribution in [0.2, 0.25) is 0 Å². The van der Waals surface area contributed by atoms with Crippen LogP contribution in [-0.4, -0.2) is 34.4 Å². The van der Waals surface area contributed by atoms with Gasteiger partial charge >= 0.3 is 0 Å². The SMILES string of the molecule is O=[N+]([O-])c1ccc2[nH]c(=S)n(C[C@@H]3CCS(=O)(=O)C3)c2c1. The summed E-state index contributed by atoms with van der Waals surface area (Å²) in [5.41, 5.74) is 1.34. The van der Waals surface area contributed by atoms with Gasteiger partial charge in [0.05, 0.1) is 27.5 Å². The zero-order chi connectivity index (χ0) is 15.2. The third-order valence-corrected chi connectivity index (χ3v) is 5.90. The van der Waals surface area contributed by atoms with Crippen LogP contribution in [0, 0.1) is 20.8 Å². The highest BCUT2D eigenvalue weighted by molar-refractivity contribution is 7.91. The molecule has 0 unspecified atom stereocenters. The normalized spacial score (nSPS) is 20.9. The number of aromatic amines is 1. The van der Waals surface area contributed by atoms with E-state index in [1.165, 1.54) is 12.1 Å². The molecule has 0 bridgehead atoms. The Bertz CT molecular complexity index is 882. The summed E-state index contributed by atoms with van der Waals surface area (Å²) in [4.78, 5) is 13.4. The topological polar surface area (TPSA) is 98.0 Å². The van der Waals surface area contributed by atoms with E-state index in [1.807, 2.05) is 0 Å². The van der Waals surface area contributed by atoms with Crippen molar-refractivity contribution in [1.29, 1.82) is 0 Å². The number of hydrogen-bond donors (Lipinski definition) is 1. The molecule has 112 valence electrons. The standard InChI is InChI=1S/C12H13N3O4S2/c16-15(17)9-1-2-10-11(5-9)14(12(20)13-10)6-8-3-4-21(18,19)7-8/h1-2,5,8H,3-4,6-7H2,(H,13,20)/t8-/m0/s1. The Hall–Kier alpha value is -1.74. The molecule has 9 heteroatoms. The monoisotopic (exact) mass is 327 g/mol. The second kappa shape index (κ2) is 4.92. The van der Waals surface area contributed by atoms with Gasteiger partial charge in [0, 0.05) is 18.7 Å². The molecule has 0 spiro atoms. The molecule has 21 heavy (non-hydrogen) atoms. The molecule has 1 aliphatic rings. The quantitative estimate of drug-likeness (QED) is 0.528. The third kappa shape index (κ3) is 2.70. The van der Waals surface area contributed by atoms with Crippen molar-refractivity contribution in [2.45, 2.75) is 13.0 Å². The number of benzene rings is 1. The molecule has 0 aliphatic carbocycles. The average Bonchev–Trinajstić information content (AvgIpc) is 2.90. The zero-order valence-corrected chi connectivity index (χ0v) is 12.6. The second-order valence-corrected chi connectivity index (χ2v) is 7.88. The molecule has 0 radical (unpaired) electrons. The van der Waals surface area contributed by atoms with E-state index in [0.29, 0.717) is 28.8 Å². The summed E-state index contributed by atoms with van der Waals surface area (Å²) in [5, 5.41) is 10.9. The first-order valence-electron chi connectivity index (χ1n) is 6.43. The summed E-state index contributed by atoms with van der Waals surface area (Å²) in [6, 6.07) is 4.49. The third-order valence-electron chi connectivity index (χ3n) is 3.74. The van der Waals surface area contributed by atoms with E-state index in [4.69, 9.17) is 12.2 Å². The molecule has 1 N–H and O–H groups in total. The Morgan fingerprint density at radius 1 is 1.48 bits per heavy atom. The Balaban J connectivity index is 2.01. The lowest BCUT2D eigenvalue weighted by Crippen LogP contribution is -2.12. The lowest BCUT2D eigenvalue weighted by atomic mass is 10.1. The predicted octanol–water partition coefficient (Wildman–Crippen LogP) is 2.04. The molecule has 2 aromatic rings. The lowest BCUT2D eigenvalue weighted by molar-refractivity contribution is -0.384. The largest absolute Gasteiger partial charge is 0.331 e. The molecule has 7 nitrogen and oxygen atoms in total. The van der Waals surface area contributed by atoms with Crippen LogP contribution in [0.5, 0.6) is 0 Å². The van der Waals surface area contributed by atoms with Crippen LogP contribution >= 0.6 is 12.2 Å². The Morgan fingerprint density at radius 2 is 2.24 bits per heavy atom. The minimum atomic E-state index is -2.95. The summed E-state index contributed by atoms with van der Waals surface area (Å²) >= 11 is 5.24. The Kier molecular flexibility index (Phi) is 3.33. The van der Waals surface area contributed by atoms with Gasteiger partial charge in [-0.2, -0.15) is 0 Å². The molecule has 2 heterocycles. The van der Waals surface area contributed by atoms with Crippen LogP contribution in [0.3, 0.4) is 0 Å². The number of nitro groups is 1. The van der Waals surface area contributed by atoms with E-state index in [1.54, 1.807) is 10.6 Å². The van der Waals surface area contributed by atoms with Gasteiger partial charge in [-0.3, -0.25) is 10.1 Å². The van der Waals surface area contributed by atoms with Crippen molar-refractivity contribution >= 4 is 38.8 Å². The van der Waals surface area contributed by atoms with Crippen molar-refractivity contribution in [3.8, 4) is 0 Å². The number of sulfone groups is 1. The van der Waals surface area contributed by atoms with Gasteiger partial charge in [-0.05, 0) is 30.6 Å². The van der Waals surface area contributed by atoms with Crippen molar-refractivity contribution < 1.29 is 13.3 Å². The second-order valence-electron chi connectivity index (χ2n) is 5.27. The predicted molar refractivity (Wildman–Crippen MR) is 80.5 cm³/mol. The molecule has 0 saturated carbocycles. The summed E-state index contributed by atoms with van der Waals surface area (Å²) < 4.78 is 25.3. The van der Waals surface area contributed by atoms with Crippen LogP contribution in [-0.2, 0) is 16.4 Å².